The topological polar surface area (TPSA) is 0 Å². The zero-order chi connectivity index (χ0) is 57.1. The summed E-state index contributed by atoms with van der Waals surface area (Å²) in [6.45, 7) is 4.16. The molecule has 0 N–H and O–H groups in total. The average Bonchev–Trinajstić information content (AvgIpc) is 3.77. The number of hydrogen-bond acceptors (Lipinski definition) is 0. The van der Waals surface area contributed by atoms with Gasteiger partial charge in [-0.25, -0.2) is 0 Å². The summed E-state index contributed by atoms with van der Waals surface area (Å²) in [7, 11) is 0. The van der Waals surface area contributed by atoms with Crippen LogP contribution in [0.3, 0.4) is 0 Å². The second-order valence-corrected chi connectivity index (χ2v) is 20.5. The first-order valence-corrected chi connectivity index (χ1v) is 29.0. The maximum absolute atomic E-state index is 2.34. The highest BCUT2D eigenvalue weighted by atomic mass is 14.2. The van der Waals surface area contributed by atoms with E-state index in [1.165, 1.54) is 122 Å². The fraction of sp³-hybridized carbons (Fsp3) is 0.0353. The van der Waals surface area contributed by atoms with Crippen molar-refractivity contribution in [3.05, 3.63) is 408 Å². The van der Waals surface area contributed by atoms with Crippen molar-refractivity contribution in [1.82, 2.24) is 0 Å². The minimum Gasteiger partial charge on any atom is -0.0792 e. The number of hydrogen-bond donors (Lipinski definition) is 0. The van der Waals surface area contributed by atoms with Gasteiger partial charge >= 0.3 is 0 Å². The van der Waals surface area contributed by atoms with Crippen molar-refractivity contribution in [3.8, 4) is 22.3 Å². The molecule has 0 amide bonds. The Morgan fingerprint density at radius 1 is 0.200 bits per heavy atom. The molecular weight excluding hydrogens is 1020 g/mol. The van der Waals surface area contributed by atoms with Crippen LogP contribution in [0.1, 0.15) is 76.9 Å². The third-order valence-electron chi connectivity index (χ3n) is 15.3. The van der Waals surface area contributed by atoms with E-state index in [4.69, 9.17) is 0 Å². The molecule has 410 valence electrons. The third-order valence-corrected chi connectivity index (χ3v) is 15.3. The smallest absolute Gasteiger partial charge is 0.00994 e. The van der Waals surface area contributed by atoms with E-state index in [1.54, 1.807) is 0 Å². The second-order valence-electron chi connectivity index (χ2n) is 20.5. The molecule has 0 atom stereocenters. The first kappa shape index (κ1) is 57.6. The molecule has 0 fully saturated rings. The summed E-state index contributed by atoms with van der Waals surface area (Å²) in [6, 6.07) is 120. The van der Waals surface area contributed by atoms with E-state index in [0.29, 0.717) is 0 Å². The second kappa shape index (κ2) is 28.8. The average molecular weight is 1090 g/mol. The van der Waals surface area contributed by atoms with Crippen molar-refractivity contribution in [2.45, 2.75) is 21.3 Å². The highest BCUT2D eigenvalue weighted by molar-refractivity contribution is 6.07. The molecule has 0 unspecified atom stereocenters. The third kappa shape index (κ3) is 14.0. The lowest BCUT2D eigenvalue weighted by Crippen LogP contribution is -1.90. The van der Waals surface area contributed by atoms with Gasteiger partial charge in [0.1, 0.15) is 0 Å². The van der Waals surface area contributed by atoms with E-state index < -0.39 is 0 Å². The lowest BCUT2D eigenvalue weighted by atomic mass is 9.89. The molecule has 0 saturated carbocycles. The first-order valence-electron chi connectivity index (χ1n) is 29.0. The molecule has 0 radical (unpaired) electrons. The van der Waals surface area contributed by atoms with Crippen LogP contribution in [0.5, 0.6) is 0 Å². The zero-order valence-electron chi connectivity index (χ0n) is 47.6. The molecule has 0 aliphatic carbocycles. The van der Waals surface area contributed by atoms with Gasteiger partial charge in [-0.3, -0.25) is 0 Å². The molecule has 0 spiro atoms. The van der Waals surface area contributed by atoms with Gasteiger partial charge in [0, 0.05) is 0 Å². The summed E-state index contributed by atoms with van der Waals surface area (Å²) >= 11 is 0. The monoisotopic (exact) mass is 1090 g/mol. The van der Waals surface area contributed by atoms with Gasteiger partial charge in [0.05, 0.1) is 0 Å². The van der Waals surface area contributed by atoms with E-state index in [0.717, 1.165) is 0 Å². The quantitative estimate of drug-likeness (QED) is 0.107. The van der Waals surface area contributed by atoms with Crippen LogP contribution in [0, 0.1) is 0 Å². The summed E-state index contributed by atoms with van der Waals surface area (Å²) < 4.78 is 0. The van der Waals surface area contributed by atoms with Gasteiger partial charge in [-0.2, -0.15) is 0 Å². The van der Waals surface area contributed by atoms with E-state index >= 15 is 0 Å². The van der Waals surface area contributed by atoms with E-state index in [-0.39, 0.29) is 7.43 Å². The van der Waals surface area contributed by atoms with Gasteiger partial charge in [0.15, 0.2) is 0 Å². The minimum absolute atomic E-state index is 0. The molecular formula is C85H70. The summed E-state index contributed by atoms with van der Waals surface area (Å²) in [4.78, 5) is 0. The summed E-state index contributed by atoms with van der Waals surface area (Å²) in [5, 5.41) is 4.97. The Kier molecular flexibility index (Phi) is 19.5. The van der Waals surface area contributed by atoms with Gasteiger partial charge in [0.25, 0.3) is 0 Å². The first-order chi connectivity index (χ1) is 41.6. The van der Waals surface area contributed by atoms with Gasteiger partial charge in [-0.05, 0) is 148 Å². The van der Waals surface area contributed by atoms with E-state index in [2.05, 4.69) is 354 Å². The fourth-order valence-electron chi connectivity index (χ4n) is 11.1. The standard InChI is InChI=1S/C54H38.2C15H14.CH4/c1-5-17-39(18-6-1)53(40-19-7-2-8-20-40)37-45-33-35-49(51-27-15-13-25-47(45)51)43-29-31-44(32-30-43)50-36-34-46(48-26-14-16-28-52(48)50)38-54(41-21-9-3-10-22-41)42-23-11-4-12-24-42;2*1-2-15(13-9-5-3-6-10-13)14-11-7-4-8-12-14;/h1-38H;2*2-12H,1H3;1H4. The van der Waals surface area contributed by atoms with Crippen molar-refractivity contribution in [2.24, 2.45) is 0 Å². The molecule has 13 aromatic rings. The molecule has 0 bridgehead atoms. The Hall–Kier alpha value is -10.7. The molecule has 0 aromatic heterocycles. The highest BCUT2D eigenvalue weighted by Gasteiger charge is 2.14. The highest BCUT2D eigenvalue weighted by Crippen LogP contribution is 2.38. The van der Waals surface area contributed by atoms with E-state index in [1.807, 2.05) is 24.3 Å². The van der Waals surface area contributed by atoms with Gasteiger partial charge in [0.2, 0.25) is 0 Å². The number of benzene rings is 13. The van der Waals surface area contributed by atoms with E-state index in [9.17, 15) is 0 Å². The number of allylic oxidation sites excluding steroid dienone is 2. The van der Waals surface area contributed by atoms with Crippen LogP contribution in [-0.2, 0) is 0 Å². The summed E-state index contributed by atoms with van der Waals surface area (Å²) in [6.07, 6.45) is 8.99. The van der Waals surface area contributed by atoms with Crippen LogP contribution in [-0.4, -0.2) is 0 Å². The molecule has 0 aliphatic heterocycles. The largest absolute Gasteiger partial charge is 0.0792 e. The Balaban J connectivity index is 0.000000210. The Morgan fingerprint density at radius 3 is 0.624 bits per heavy atom. The molecule has 13 aromatic carbocycles. The molecule has 0 saturated heterocycles. The van der Waals surface area contributed by atoms with Crippen molar-refractivity contribution in [2.75, 3.05) is 0 Å². The summed E-state index contributed by atoms with van der Waals surface area (Å²) in [5.74, 6) is 0. The predicted octanol–water partition coefficient (Wildman–Crippen LogP) is 23.4. The lowest BCUT2D eigenvalue weighted by Gasteiger charge is -2.14. The van der Waals surface area contributed by atoms with Crippen molar-refractivity contribution < 1.29 is 0 Å². The number of fused-ring (bicyclic) bond motifs is 2. The molecule has 0 nitrogen and oxygen atoms in total. The molecule has 0 aliphatic rings. The molecule has 0 heterocycles. The Bertz CT molecular complexity index is 3880. The van der Waals surface area contributed by atoms with Gasteiger partial charge in [-0.1, -0.05) is 359 Å². The van der Waals surface area contributed by atoms with Crippen molar-refractivity contribution in [3.63, 3.8) is 0 Å². The lowest BCUT2D eigenvalue weighted by molar-refractivity contribution is 1.53. The predicted molar refractivity (Wildman–Crippen MR) is 370 cm³/mol. The van der Waals surface area contributed by atoms with Crippen LogP contribution < -0.4 is 0 Å². The SMILES string of the molecule is C.C(=C(c1ccccc1)c1ccccc1)c1ccc(-c2ccc(-c3ccc(C=C(c4ccccc4)c4ccccc4)c4ccccc34)cc2)c2ccccc12.CC=C(c1ccccc1)c1ccccc1.CC=C(c1ccccc1)c1ccccc1. The molecule has 0 heteroatoms. The van der Waals surface area contributed by atoms with Crippen LogP contribution in [0.25, 0.3) is 78.2 Å². The normalized spacial score (nSPS) is 10.4. The Labute approximate surface area is 504 Å². The molecule has 85 heavy (non-hydrogen) atoms. The van der Waals surface area contributed by atoms with Crippen LogP contribution in [0.2, 0.25) is 0 Å². The van der Waals surface area contributed by atoms with Gasteiger partial charge < -0.3 is 0 Å². The molecule has 13 rings (SSSR count). The zero-order valence-corrected chi connectivity index (χ0v) is 47.6. The van der Waals surface area contributed by atoms with Gasteiger partial charge in [-0.15, -0.1) is 0 Å². The maximum Gasteiger partial charge on any atom is -0.00994 e. The van der Waals surface area contributed by atoms with Crippen molar-refractivity contribution >= 4 is 56.0 Å². The summed E-state index contributed by atoms with van der Waals surface area (Å²) in [5.41, 5.74) is 22.2. The minimum atomic E-state index is 0. The maximum atomic E-state index is 2.34. The van der Waals surface area contributed by atoms with Crippen molar-refractivity contribution in [1.29, 1.82) is 0 Å². The number of rotatable bonds is 12. The van der Waals surface area contributed by atoms with Crippen LogP contribution in [0.4, 0.5) is 0 Å². The fourth-order valence-corrected chi connectivity index (χ4v) is 11.1. The van der Waals surface area contributed by atoms with Crippen LogP contribution in [0.15, 0.2) is 352 Å². The Morgan fingerprint density at radius 2 is 0.400 bits per heavy atom. The van der Waals surface area contributed by atoms with Crippen LogP contribution >= 0.6 is 0 Å².